The van der Waals surface area contributed by atoms with Crippen molar-refractivity contribution in [3.8, 4) is 11.6 Å². The molecule has 2 aromatic rings. The highest BCUT2D eigenvalue weighted by atomic mass is 16.5. The first-order chi connectivity index (χ1) is 10.3. The maximum absolute atomic E-state index is 5.65. The van der Waals surface area contributed by atoms with Gasteiger partial charge in [-0.15, -0.1) is 0 Å². The molecule has 5 heteroatoms. The first-order valence-electron chi connectivity index (χ1n) is 6.90. The summed E-state index contributed by atoms with van der Waals surface area (Å²) in [5.74, 6) is 1.43. The van der Waals surface area contributed by atoms with E-state index >= 15 is 0 Å². The van der Waals surface area contributed by atoms with Crippen molar-refractivity contribution in [1.29, 1.82) is 0 Å². The summed E-state index contributed by atoms with van der Waals surface area (Å²) in [4.78, 5) is 6.34. The van der Waals surface area contributed by atoms with Crippen molar-refractivity contribution in [2.75, 3.05) is 32.2 Å². The lowest BCUT2D eigenvalue weighted by atomic mass is 10.2. The predicted octanol–water partition coefficient (Wildman–Crippen LogP) is 2.59. The number of methoxy groups -OCH3 is 2. The molecule has 0 bridgehead atoms. The first kappa shape index (κ1) is 15.1. The van der Waals surface area contributed by atoms with Crippen LogP contribution in [-0.2, 0) is 0 Å². The third kappa shape index (κ3) is 3.86. The van der Waals surface area contributed by atoms with Gasteiger partial charge in [-0.25, -0.2) is 4.98 Å². The lowest BCUT2D eigenvalue weighted by Crippen LogP contribution is -2.21. The van der Waals surface area contributed by atoms with E-state index in [1.54, 1.807) is 20.4 Å². The van der Waals surface area contributed by atoms with Crippen LogP contribution in [0.4, 0.5) is 11.4 Å². The molecule has 0 fully saturated rings. The average molecular weight is 287 g/mol. The van der Waals surface area contributed by atoms with Gasteiger partial charge in [0.15, 0.2) is 0 Å². The molecule has 5 nitrogen and oxygen atoms in total. The predicted molar refractivity (Wildman–Crippen MR) is 84.5 cm³/mol. The van der Waals surface area contributed by atoms with Crippen molar-refractivity contribution in [2.45, 2.75) is 6.42 Å². The van der Waals surface area contributed by atoms with E-state index in [1.807, 2.05) is 36.4 Å². The number of pyridine rings is 1. The summed E-state index contributed by atoms with van der Waals surface area (Å²) in [6.07, 6.45) is 2.64. The molecular weight excluding hydrogens is 266 g/mol. The van der Waals surface area contributed by atoms with Crippen LogP contribution in [0.15, 0.2) is 42.6 Å². The normalized spacial score (nSPS) is 10.2. The van der Waals surface area contributed by atoms with E-state index in [0.717, 1.165) is 30.1 Å². The van der Waals surface area contributed by atoms with E-state index in [1.165, 1.54) is 0 Å². The Hall–Kier alpha value is -2.27. The van der Waals surface area contributed by atoms with Crippen molar-refractivity contribution in [3.63, 3.8) is 0 Å². The second-order valence-electron chi connectivity index (χ2n) is 4.55. The second-order valence-corrected chi connectivity index (χ2v) is 4.55. The SMILES string of the molecule is COc1ccc(N(CCCN)c2ccnc(OC)c2)cc1. The van der Waals surface area contributed by atoms with Crippen LogP contribution in [0.1, 0.15) is 6.42 Å². The van der Waals surface area contributed by atoms with E-state index in [2.05, 4.69) is 9.88 Å². The van der Waals surface area contributed by atoms with Gasteiger partial charge in [0.2, 0.25) is 5.88 Å². The molecule has 0 saturated heterocycles. The molecule has 0 amide bonds. The van der Waals surface area contributed by atoms with Gasteiger partial charge in [-0.2, -0.15) is 0 Å². The summed E-state index contributed by atoms with van der Waals surface area (Å²) in [6.45, 7) is 1.48. The molecule has 112 valence electrons. The molecule has 0 atom stereocenters. The van der Waals surface area contributed by atoms with E-state index in [4.69, 9.17) is 15.2 Å². The number of rotatable bonds is 7. The first-order valence-corrected chi connectivity index (χ1v) is 6.90. The summed E-state index contributed by atoms with van der Waals surface area (Å²) in [6, 6.07) is 11.8. The van der Waals surface area contributed by atoms with Crippen LogP contribution in [0, 0.1) is 0 Å². The van der Waals surface area contributed by atoms with Gasteiger partial charge in [0.25, 0.3) is 0 Å². The number of benzene rings is 1. The van der Waals surface area contributed by atoms with Crippen molar-refractivity contribution >= 4 is 11.4 Å². The van der Waals surface area contributed by atoms with Gasteiger partial charge in [0.1, 0.15) is 5.75 Å². The van der Waals surface area contributed by atoms with Crippen LogP contribution in [0.2, 0.25) is 0 Å². The smallest absolute Gasteiger partial charge is 0.214 e. The molecule has 0 saturated carbocycles. The van der Waals surface area contributed by atoms with E-state index in [9.17, 15) is 0 Å². The molecule has 0 spiro atoms. The van der Waals surface area contributed by atoms with Crippen molar-refractivity contribution in [2.24, 2.45) is 5.73 Å². The minimum absolute atomic E-state index is 0.596. The third-order valence-corrected chi connectivity index (χ3v) is 3.21. The Morgan fingerprint density at radius 1 is 1.05 bits per heavy atom. The number of hydrogen-bond acceptors (Lipinski definition) is 5. The standard InChI is InChI=1S/C16H21N3O2/c1-20-15-6-4-13(5-7-15)19(11-3-9-17)14-8-10-18-16(12-14)21-2/h4-8,10,12H,3,9,11,17H2,1-2H3. The fourth-order valence-corrected chi connectivity index (χ4v) is 2.10. The van der Waals surface area contributed by atoms with Crippen LogP contribution in [0.5, 0.6) is 11.6 Å². The van der Waals surface area contributed by atoms with Gasteiger partial charge >= 0.3 is 0 Å². The molecule has 1 heterocycles. The Morgan fingerprint density at radius 3 is 2.43 bits per heavy atom. The monoisotopic (exact) mass is 287 g/mol. The van der Waals surface area contributed by atoms with Gasteiger partial charge in [0, 0.05) is 30.2 Å². The summed E-state index contributed by atoms with van der Waals surface area (Å²) < 4.78 is 10.4. The Balaban J connectivity index is 2.31. The summed E-state index contributed by atoms with van der Waals surface area (Å²) >= 11 is 0. The van der Waals surface area contributed by atoms with Crippen LogP contribution in [-0.4, -0.2) is 32.3 Å². The van der Waals surface area contributed by atoms with Crippen molar-refractivity contribution in [1.82, 2.24) is 4.98 Å². The minimum Gasteiger partial charge on any atom is -0.497 e. The topological polar surface area (TPSA) is 60.6 Å². The molecule has 2 N–H and O–H groups in total. The Morgan fingerprint density at radius 2 is 1.81 bits per heavy atom. The fraction of sp³-hybridized carbons (Fsp3) is 0.312. The van der Waals surface area contributed by atoms with Gasteiger partial charge in [-0.1, -0.05) is 0 Å². The number of nitrogens with zero attached hydrogens (tertiary/aromatic N) is 2. The highest BCUT2D eigenvalue weighted by Gasteiger charge is 2.10. The summed E-state index contributed by atoms with van der Waals surface area (Å²) in [5, 5.41) is 0. The van der Waals surface area contributed by atoms with Crippen LogP contribution in [0.3, 0.4) is 0 Å². The van der Waals surface area contributed by atoms with Crippen molar-refractivity contribution in [3.05, 3.63) is 42.6 Å². The minimum atomic E-state index is 0.596. The number of ether oxygens (including phenoxy) is 2. The molecule has 2 rings (SSSR count). The third-order valence-electron chi connectivity index (χ3n) is 3.21. The molecule has 1 aromatic heterocycles. The van der Waals surface area contributed by atoms with Gasteiger partial charge in [0.05, 0.1) is 14.2 Å². The molecule has 0 radical (unpaired) electrons. The molecule has 0 unspecified atom stereocenters. The second kappa shape index (κ2) is 7.50. The number of aromatic nitrogens is 1. The van der Waals surface area contributed by atoms with E-state index in [-0.39, 0.29) is 0 Å². The zero-order valence-corrected chi connectivity index (χ0v) is 12.5. The van der Waals surface area contributed by atoms with Crippen LogP contribution >= 0.6 is 0 Å². The largest absolute Gasteiger partial charge is 0.497 e. The Labute approximate surface area is 125 Å². The lowest BCUT2D eigenvalue weighted by Gasteiger charge is -2.25. The van der Waals surface area contributed by atoms with Gasteiger partial charge < -0.3 is 20.1 Å². The zero-order chi connectivity index (χ0) is 15.1. The molecule has 0 aliphatic heterocycles. The average Bonchev–Trinajstić information content (AvgIpc) is 2.56. The highest BCUT2D eigenvalue weighted by Crippen LogP contribution is 2.28. The Bertz CT molecular complexity index is 558. The molecular formula is C16H21N3O2. The van der Waals surface area contributed by atoms with E-state index in [0.29, 0.717) is 12.4 Å². The summed E-state index contributed by atoms with van der Waals surface area (Å²) in [5.41, 5.74) is 7.76. The quantitative estimate of drug-likeness (QED) is 0.848. The maximum Gasteiger partial charge on any atom is 0.214 e. The summed E-state index contributed by atoms with van der Waals surface area (Å²) in [7, 11) is 3.28. The molecule has 1 aromatic carbocycles. The van der Waals surface area contributed by atoms with Crippen LogP contribution in [0.25, 0.3) is 0 Å². The molecule has 21 heavy (non-hydrogen) atoms. The van der Waals surface area contributed by atoms with E-state index < -0.39 is 0 Å². The van der Waals surface area contributed by atoms with Gasteiger partial charge in [-0.05, 0) is 43.3 Å². The zero-order valence-electron chi connectivity index (χ0n) is 12.5. The van der Waals surface area contributed by atoms with Crippen LogP contribution < -0.4 is 20.1 Å². The Kier molecular flexibility index (Phi) is 5.40. The fourth-order valence-electron chi connectivity index (χ4n) is 2.10. The molecule has 0 aliphatic rings. The number of hydrogen-bond donors (Lipinski definition) is 1. The van der Waals surface area contributed by atoms with Gasteiger partial charge in [-0.3, -0.25) is 0 Å². The van der Waals surface area contributed by atoms with Crippen molar-refractivity contribution < 1.29 is 9.47 Å². The lowest BCUT2D eigenvalue weighted by molar-refractivity contribution is 0.398. The maximum atomic E-state index is 5.65. The highest BCUT2D eigenvalue weighted by molar-refractivity contribution is 5.64. The number of nitrogens with two attached hydrogens (primary N) is 1. The number of anilines is 2. The molecule has 0 aliphatic carbocycles.